The maximum absolute atomic E-state index is 5.94. The number of nitrogens with two attached hydrogens (primary N) is 1. The van der Waals surface area contributed by atoms with E-state index < -0.39 is 0 Å². The number of rotatable bonds is 9. The minimum atomic E-state index is 0.261. The fraction of sp³-hybridized carbons (Fsp3) is 1.00. The average Bonchev–Trinajstić information content (AvgIpc) is 2.42. The number of hydrogen-bond acceptors (Lipinski definition) is 3. The molecule has 1 saturated carbocycles. The van der Waals surface area contributed by atoms with Gasteiger partial charge in [-0.2, -0.15) is 0 Å². The highest BCUT2D eigenvalue weighted by atomic mass is 15.3. The Morgan fingerprint density at radius 3 is 2.50 bits per heavy atom. The molecule has 0 amide bonds. The molecule has 0 heterocycles. The van der Waals surface area contributed by atoms with E-state index in [4.69, 9.17) is 5.84 Å². The molecule has 3 unspecified atom stereocenters. The molecular weight excluding hydrogens is 246 g/mol. The Kier molecular flexibility index (Phi) is 8.08. The first kappa shape index (κ1) is 17.9. The molecule has 0 radical (unpaired) electrons. The van der Waals surface area contributed by atoms with Gasteiger partial charge in [0, 0.05) is 11.6 Å². The highest BCUT2D eigenvalue weighted by molar-refractivity contribution is 5.01. The van der Waals surface area contributed by atoms with Crippen molar-refractivity contribution >= 4 is 0 Å². The van der Waals surface area contributed by atoms with E-state index in [0.29, 0.717) is 6.04 Å². The standard InChI is InChI=1S/C17H37N3/c1-5-6-7-8-9-12-16(19-18)17(20(3)4)13-10-11-15(2)14-17/h15-16,19H,5-14,18H2,1-4H3. The zero-order chi connectivity index (χ0) is 15.0. The van der Waals surface area contributed by atoms with Crippen LogP contribution in [0.4, 0.5) is 0 Å². The molecule has 0 aromatic carbocycles. The smallest absolute Gasteiger partial charge is 0.0394 e. The molecular formula is C17H37N3. The number of hydrogen-bond donors (Lipinski definition) is 2. The average molecular weight is 284 g/mol. The van der Waals surface area contributed by atoms with E-state index in [1.807, 2.05) is 0 Å². The van der Waals surface area contributed by atoms with Crippen molar-refractivity contribution in [2.45, 2.75) is 89.6 Å². The van der Waals surface area contributed by atoms with Crippen molar-refractivity contribution in [3.63, 3.8) is 0 Å². The minimum Gasteiger partial charge on any atom is -0.302 e. The van der Waals surface area contributed by atoms with Gasteiger partial charge in [0.2, 0.25) is 0 Å². The van der Waals surface area contributed by atoms with Crippen molar-refractivity contribution < 1.29 is 0 Å². The van der Waals surface area contributed by atoms with Crippen molar-refractivity contribution in [3.8, 4) is 0 Å². The van der Waals surface area contributed by atoms with Crippen LogP contribution < -0.4 is 11.3 Å². The van der Waals surface area contributed by atoms with Gasteiger partial charge in [-0.25, -0.2) is 0 Å². The number of nitrogens with zero attached hydrogens (tertiary/aromatic N) is 1. The lowest BCUT2D eigenvalue weighted by Gasteiger charge is -2.50. The Balaban J connectivity index is 2.57. The monoisotopic (exact) mass is 283 g/mol. The van der Waals surface area contributed by atoms with Crippen molar-refractivity contribution in [1.29, 1.82) is 0 Å². The summed E-state index contributed by atoms with van der Waals surface area (Å²) in [4.78, 5) is 2.44. The number of likely N-dealkylation sites (N-methyl/N-ethyl adjacent to an activating group) is 1. The summed E-state index contributed by atoms with van der Waals surface area (Å²) in [6.07, 6.45) is 13.2. The summed E-state index contributed by atoms with van der Waals surface area (Å²) in [6, 6.07) is 0.432. The zero-order valence-electron chi connectivity index (χ0n) is 14.3. The molecule has 1 aliphatic rings. The second kappa shape index (κ2) is 9.01. The quantitative estimate of drug-likeness (QED) is 0.385. The molecule has 0 aliphatic heterocycles. The molecule has 1 fully saturated rings. The Hall–Kier alpha value is -0.120. The maximum Gasteiger partial charge on any atom is 0.0394 e. The lowest BCUT2D eigenvalue weighted by atomic mass is 9.70. The van der Waals surface area contributed by atoms with Crippen LogP contribution in [-0.2, 0) is 0 Å². The third kappa shape index (κ3) is 4.71. The SMILES string of the molecule is CCCCCCCC(NN)C1(N(C)C)CCCC(C)C1. The van der Waals surface area contributed by atoms with Crippen LogP contribution in [0.2, 0.25) is 0 Å². The van der Waals surface area contributed by atoms with Crippen molar-refractivity contribution in [2.75, 3.05) is 14.1 Å². The molecule has 120 valence electrons. The van der Waals surface area contributed by atoms with Gasteiger partial charge < -0.3 is 4.90 Å². The Morgan fingerprint density at radius 2 is 1.95 bits per heavy atom. The van der Waals surface area contributed by atoms with Gasteiger partial charge in [-0.05, 0) is 39.3 Å². The van der Waals surface area contributed by atoms with E-state index in [-0.39, 0.29) is 5.54 Å². The van der Waals surface area contributed by atoms with Gasteiger partial charge in [-0.15, -0.1) is 0 Å². The van der Waals surface area contributed by atoms with Crippen LogP contribution in [-0.4, -0.2) is 30.6 Å². The topological polar surface area (TPSA) is 41.3 Å². The molecule has 0 aromatic heterocycles. The first-order valence-corrected chi connectivity index (χ1v) is 8.70. The zero-order valence-corrected chi connectivity index (χ0v) is 14.3. The van der Waals surface area contributed by atoms with Crippen LogP contribution in [0.5, 0.6) is 0 Å². The second-order valence-corrected chi connectivity index (χ2v) is 7.12. The first-order chi connectivity index (χ1) is 9.56. The second-order valence-electron chi connectivity index (χ2n) is 7.12. The molecule has 0 spiro atoms. The van der Waals surface area contributed by atoms with Crippen LogP contribution >= 0.6 is 0 Å². The van der Waals surface area contributed by atoms with E-state index in [9.17, 15) is 0 Å². The third-order valence-electron chi connectivity index (χ3n) is 5.35. The Labute approximate surface area is 126 Å². The van der Waals surface area contributed by atoms with Crippen LogP contribution in [0.1, 0.15) is 78.1 Å². The highest BCUT2D eigenvalue weighted by Crippen LogP contribution is 2.39. The molecule has 3 N–H and O–H groups in total. The van der Waals surface area contributed by atoms with Crippen molar-refractivity contribution in [1.82, 2.24) is 10.3 Å². The molecule has 3 heteroatoms. The van der Waals surface area contributed by atoms with Gasteiger partial charge in [-0.1, -0.05) is 58.8 Å². The van der Waals surface area contributed by atoms with E-state index in [0.717, 1.165) is 5.92 Å². The van der Waals surface area contributed by atoms with Crippen molar-refractivity contribution in [3.05, 3.63) is 0 Å². The van der Waals surface area contributed by atoms with E-state index in [2.05, 4.69) is 38.3 Å². The Bertz CT molecular complexity index is 255. The summed E-state index contributed by atoms with van der Waals surface area (Å²) < 4.78 is 0. The molecule has 0 bridgehead atoms. The van der Waals surface area contributed by atoms with Gasteiger partial charge in [0.15, 0.2) is 0 Å². The molecule has 1 rings (SSSR count). The van der Waals surface area contributed by atoms with Gasteiger partial charge in [0.25, 0.3) is 0 Å². The molecule has 1 aliphatic carbocycles. The molecule has 0 aromatic rings. The van der Waals surface area contributed by atoms with Crippen LogP contribution in [0.25, 0.3) is 0 Å². The fourth-order valence-electron chi connectivity index (χ4n) is 4.06. The maximum atomic E-state index is 5.94. The lowest BCUT2D eigenvalue weighted by Crippen LogP contribution is -2.62. The van der Waals surface area contributed by atoms with E-state index >= 15 is 0 Å². The molecule has 3 nitrogen and oxygen atoms in total. The normalized spacial score (nSPS) is 28.8. The summed E-state index contributed by atoms with van der Waals surface area (Å²) in [5, 5.41) is 0. The summed E-state index contributed by atoms with van der Waals surface area (Å²) in [7, 11) is 4.47. The van der Waals surface area contributed by atoms with E-state index in [1.165, 1.54) is 64.2 Å². The predicted octanol–water partition coefficient (Wildman–Crippen LogP) is 3.69. The molecule has 0 saturated heterocycles. The summed E-state index contributed by atoms with van der Waals surface area (Å²) in [5.74, 6) is 6.76. The Morgan fingerprint density at radius 1 is 1.25 bits per heavy atom. The fourth-order valence-corrected chi connectivity index (χ4v) is 4.06. The van der Waals surface area contributed by atoms with Gasteiger partial charge in [0.05, 0.1) is 0 Å². The van der Waals surface area contributed by atoms with Gasteiger partial charge in [0.1, 0.15) is 0 Å². The molecule has 20 heavy (non-hydrogen) atoms. The highest BCUT2D eigenvalue weighted by Gasteiger charge is 2.42. The van der Waals surface area contributed by atoms with Gasteiger partial charge >= 0.3 is 0 Å². The summed E-state index contributed by atoms with van der Waals surface area (Å²) in [6.45, 7) is 4.67. The van der Waals surface area contributed by atoms with Gasteiger partial charge in [-0.3, -0.25) is 11.3 Å². The summed E-state index contributed by atoms with van der Waals surface area (Å²) in [5.41, 5.74) is 3.42. The number of hydrazine groups is 1. The van der Waals surface area contributed by atoms with Crippen LogP contribution in [0, 0.1) is 5.92 Å². The van der Waals surface area contributed by atoms with E-state index in [1.54, 1.807) is 0 Å². The minimum absolute atomic E-state index is 0.261. The first-order valence-electron chi connectivity index (χ1n) is 8.70. The largest absolute Gasteiger partial charge is 0.302 e. The summed E-state index contributed by atoms with van der Waals surface area (Å²) >= 11 is 0. The number of unbranched alkanes of at least 4 members (excludes halogenated alkanes) is 4. The predicted molar refractivity (Wildman–Crippen MR) is 88.5 cm³/mol. The van der Waals surface area contributed by atoms with Crippen LogP contribution in [0.3, 0.4) is 0 Å². The number of nitrogens with one attached hydrogen (secondary N) is 1. The van der Waals surface area contributed by atoms with Crippen LogP contribution in [0.15, 0.2) is 0 Å². The van der Waals surface area contributed by atoms with Crippen molar-refractivity contribution in [2.24, 2.45) is 11.8 Å². The third-order valence-corrected chi connectivity index (χ3v) is 5.35. The lowest BCUT2D eigenvalue weighted by molar-refractivity contribution is 0.0334. The molecule has 3 atom stereocenters.